The average Bonchev–Trinajstić information content (AvgIpc) is 2.72. The number of phenolic OH excluding ortho intramolecular Hbond substituents is 1. The van der Waals surface area contributed by atoms with Crippen molar-refractivity contribution >= 4 is 11.8 Å². The van der Waals surface area contributed by atoms with Gasteiger partial charge in [-0.25, -0.2) is 0 Å². The van der Waals surface area contributed by atoms with Gasteiger partial charge in [-0.2, -0.15) is 0 Å². The zero-order valence-electron chi connectivity index (χ0n) is 16.5. The van der Waals surface area contributed by atoms with Gasteiger partial charge in [0.15, 0.2) is 0 Å². The molecule has 0 radical (unpaired) electrons. The molecule has 3 rings (SSSR count). The molecule has 1 fully saturated rings. The minimum absolute atomic E-state index is 0.00870. The maximum atomic E-state index is 12.7. The second kappa shape index (κ2) is 9.82. The summed E-state index contributed by atoms with van der Waals surface area (Å²) < 4.78 is 11.4. The van der Waals surface area contributed by atoms with E-state index in [-0.39, 0.29) is 23.7 Å². The summed E-state index contributed by atoms with van der Waals surface area (Å²) in [4.78, 5) is 25.4. The third-order valence-corrected chi connectivity index (χ3v) is 4.70. The van der Waals surface area contributed by atoms with Crippen molar-refractivity contribution in [1.29, 1.82) is 0 Å². The zero-order chi connectivity index (χ0) is 20.6. The highest BCUT2D eigenvalue weighted by atomic mass is 16.5. The molecule has 0 spiro atoms. The number of hydrogen-bond acceptors (Lipinski definition) is 5. The zero-order valence-corrected chi connectivity index (χ0v) is 16.5. The molecule has 7 nitrogen and oxygen atoms in total. The molecule has 154 valence electrons. The van der Waals surface area contributed by atoms with Gasteiger partial charge in [-0.05, 0) is 36.4 Å². The first-order valence-corrected chi connectivity index (χ1v) is 9.73. The molecule has 2 aromatic carbocycles. The van der Waals surface area contributed by atoms with Gasteiger partial charge in [-0.1, -0.05) is 6.07 Å². The van der Waals surface area contributed by atoms with Crippen LogP contribution in [0.4, 0.5) is 0 Å². The van der Waals surface area contributed by atoms with E-state index in [2.05, 4.69) is 5.32 Å². The van der Waals surface area contributed by atoms with Gasteiger partial charge in [0.2, 0.25) is 5.91 Å². The molecular formula is C22H26N2O5. The van der Waals surface area contributed by atoms with Crippen LogP contribution in [0.3, 0.4) is 0 Å². The minimum atomic E-state index is -0.0920. The summed E-state index contributed by atoms with van der Waals surface area (Å²) in [6.45, 7) is 3.52. The Morgan fingerprint density at radius 2 is 1.83 bits per heavy atom. The summed E-state index contributed by atoms with van der Waals surface area (Å²) >= 11 is 0. The summed E-state index contributed by atoms with van der Waals surface area (Å²) in [6, 6.07) is 13.8. The lowest BCUT2D eigenvalue weighted by atomic mass is 10.1. The first-order valence-electron chi connectivity index (χ1n) is 9.73. The van der Waals surface area contributed by atoms with E-state index in [4.69, 9.17) is 9.47 Å². The summed E-state index contributed by atoms with van der Waals surface area (Å²) in [5.74, 6) is 1.38. The summed E-state index contributed by atoms with van der Waals surface area (Å²) in [5, 5.41) is 12.2. The first kappa shape index (κ1) is 20.5. The van der Waals surface area contributed by atoms with Crippen molar-refractivity contribution in [2.24, 2.45) is 0 Å². The largest absolute Gasteiger partial charge is 0.508 e. The molecule has 0 saturated carbocycles. The molecule has 2 aromatic rings. The Kier molecular flexibility index (Phi) is 6.94. The van der Waals surface area contributed by atoms with Crippen LogP contribution in [0.1, 0.15) is 30.1 Å². The fourth-order valence-electron chi connectivity index (χ4n) is 3.20. The van der Waals surface area contributed by atoms with Crippen molar-refractivity contribution in [3.8, 4) is 17.2 Å². The highest BCUT2D eigenvalue weighted by Crippen LogP contribution is 2.23. The fraction of sp³-hybridized carbons (Fsp3) is 0.364. The van der Waals surface area contributed by atoms with Crippen LogP contribution < -0.4 is 14.8 Å². The van der Waals surface area contributed by atoms with E-state index in [0.717, 1.165) is 12.8 Å². The third kappa shape index (κ3) is 6.14. The number of carbonyl (C=O) groups is 2. The fourth-order valence-corrected chi connectivity index (χ4v) is 3.20. The molecule has 0 atom stereocenters. The topological polar surface area (TPSA) is 88.1 Å². The predicted octanol–water partition coefficient (Wildman–Crippen LogP) is 2.59. The lowest BCUT2D eigenvalue weighted by molar-refractivity contribution is -0.119. The van der Waals surface area contributed by atoms with Gasteiger partial charge in [0, 0.05) is 44.5 Å². The summed E-state index contributed by atoms with van der Waals surface area (Å²) in [7, 11) is 0. The molecule has 2 N–H and O–H groups in total. The number of piperidine rings is 1. The normalized spacial score (nSPS) is 14.3. The Morgan fingerprint density at radius 1 is 1.10 bits per heavy atom. The molecule has 0 aliphatic carbocycles. The molecule has 0 aromatic heterocycles. The number of benzene rings is 2. The van der Waals surface area contributed by atoms with Crippen LogP contribution in [0.15, 0.2) is 48.5 Å². The SMILES string of the molecule is CC(=O)NCCOc1ccc(C(=O)N2CCC(Oc3cccc(O)c3)CC2)cc1. The number of nitrogens with one attached hydrogen (secondary N) is 1. The predicted molar refractivity (Wildman–Crippen MR) is 108 cm³/mol. The number of aromatic hydroxyl groups is 1. The molecule has 7 heteroatoms. The van der Waals surface area contributed by atoms with Crippen LogP contribution in [0.25, 0.3) is 0 Å². The maximum absolute atomic E-state index is 12.7. The van der Waals surface area contributed by atoms with Crippen molar-refractivity contribution in [3.63, 3.8) is 0 Å². The lowest BCUT2D eigenvalue weighted by Crippen LogP contribution is -2.41. The second-order valence-electron chi connectivity index (χ2n) is 6.96. The van der Waals surface area contributed by atoms with Crippen molar-refractivity contribution in [2.75, 3.05) is 26.2 Å². The number of carbonyl (C=O) groups excluding carboxylic acids is 2. The second-order valence-corrected chi connectivity index (χ2v) is 6.96. The van der Waals surface area contributed by atoms with Crippen molar-refractivity contribution in [1.82, 2.24) is 10.2 Å². The average molecular weight is 398 g/mol. The first-order chi connectivity index (χ1) is 14.0. The van der Waals surface area contributed by atoms with Gasteiger partial charge >= 0.3 is 0 Å². The van der Waals surface area contributed by atoms with Gasteiger partial charge in [-0.15, -0.1) is 0 Å². The Labute approximate surface area is 170 Å². The van der Waals surface area contributed by atoms with Gasteiger partial charge < -0.3 is 24.8 Å². The number of amides is 2. The molecule has 0 unspecified atom stereocenters. The van der Waals surface area contributed by atoms with Crippen molar-refractivity contribution < 1.29 is 24.2 Å². The number of hydrogen-bond donors (Lipinski definition) is 2. The third-order valence-electron chi connectivity index (χ3n) is 4.70. The van der Waals surface area contributed by atoms with Crippen LogP contribution in [0.2, 0.25) is 0 Å². The highest BCUT2D eigenvalue weighted by Gasteiger charge is 2.24. The van der Waals surface area contributed by atoms with Crippen LogP contribution >= 0.6 is 0 Å². The smallest absolute Gasteiger partial charge is 0.253 e. The Hall–Kier alpha value is -3.22. The number of likely N-dealkylation sites (tertiary alicyclic amines) is 1. The lowest BCUT2D eigenvalue weighted by Gasteiger charge is -2.32. The molecule has 1 saturated heterocycles. The van der Waals surface area contributed by atoms with E-state index >= 15 is 0 Å². The van der Waals surface area contributed by atoms with Crippen LogP contribution in [0, 0.1) is 0 Å². The monoisotopic (exact) mass is 398 g/mol. The number of rotatable bonds is 7. The Bertz CT molecular complexity index is 829. The van der Waals surface area contributed by atoms with E-state index in [1.807, 2.05) is 11.0 Å². The summed E-state index contributed by atoms with van der Waals surface area (Å²) in [5.41, 5.74) is 0.617. The van der Waals surface area contributed by atoms with Gasteiger partial charge in [0.1, 0.15) is 30.0 Å². The van der Waals surface area contributed by atoms with E-state index in [0.29, 0.717) is 43.3 Å². The van der Waals surface area contributed by atoms with Crippen molar-refractivity contribution in [3.05, 3.63) is 54.1 Å². The quantitative estimate of drug-likeness (QED) is 0.700. The minimum Gasteiger partial charge on any atom is -0.508 e. The van der Waals surface area contributed by atoms with E-state index in [1.165, 1.54) is 6.92 Å². The van der Waals surface area contributed by atoms with Crippen molar-refractivity contribution in [2.45, 2.75) is 25.9 Å². The standard InChI is InChI=1S/C22H26N2O5/c1-16(25)23-11-14-28-19-7-5-17(6-8-19)22(27)24-12-9-20(10-13-24)29-21-4-2-3-18(26)15-21/h2-8,15,20,26H,9-14H2,1H3,(H,23,25). The van der Waals surface area contributed by atoms with Crippen LogP contribution in [-0.2, 0) is 4.79 Å². The van der Waals surface area contributed by atoms with Crippen LogP contribution in [-0.4, -0.2) is 54.2 Å². The molecule has 1 aliphatic heterocycles. The van der Waals surface area contributed by atoms with Gasteiger partial charge in [0.05, 0.1) is 6.54 Å². The molecular weight excluding hydrogens is 372 g/mol. The highest BCUT2D eigenvalue weighted by molar-refractivity contribution is 5.94. The Balaban J connectivity index is 1.45. The molecule has 2 amide bonds. The number of nitrogens with zero attached hydrogens (tertiary/aromatic N) is 1. The van der Waals surface area contributed by atoms with Crippen LogP contribution in [0.5, 0.6) is 17.2 Å². The van der Waals surface area contributed by atoms with Gasteiger partial charge in [-0.3, -0.25) is 9.59 Å². The molecule has 0 bridgehead atoms. The molecule has 1 heterocycles. The molecule has 1 aliphatic rings. The summed E-state index contributed by atoms with van der Waals surface area (Å²) in [6.07, 6.45) is 1.51. The number of ether oxygens (including phenoxy) is 2. The van der Waals surface area contributed by atoms with Gasteiger partial charge in [0.25, 0.3) is 5.91 Å². The number of phenols is 1. The van der Waals surface area contributed by atoms with E-state index in [1.54, 1.807) is 42.5 Å². The van der Waals surface area contributed by atoms with E-state index < -0.39 is 0 Å². The maximum Gasteiger partial charge on any atom is 0.253 e. The molecule has 29 heavy (non-hydrogen) atoms. The Morgan fingerprint density at radius 3 is 2.48 bits per heavy atom. The van der Waals surface area contributed by atoms with E-state index in [9.17, 15) is 14.7 Å².